The number of anilines is 6. The summed E-state index contributed by atoms with van der Waals surface area (Å²) in [5.41, 5.74) is 25.2. The number of hydrogen-bond acceptors (Lipinski definition) is 4. The molecule has 0 radical (unpaired) electrons. The van der Waals surface area contributed by atoms with E-state index in [1.807, 2.05) is 6.08 Å². The number of hydrogen-bond donors (Lipinski definition) is 0. The van der Waals surface area contributed by atoms with E-state index >= 15 is 0 Å². The van der Waals surface area contributed by atoms with Gasteiger partial charge >= 0.3 is 0 Å². The second-order valence-electron chi connectivity index (χ2n) is 24.7. The molecule has 458 valence electrons. The number of benzene rings is 13. The molecule has 14 rings (SSSR count). The van der Waals surface area contributed by atoms with Gasteiger partial charge in [0.15, 0.2) is 0 Å². The van der Waals surface area contributed by atoms with Crippen LogP contribution in [0.2, 0.25) is 0 Å². The van der Waals surface area contributed by atoms with Crippen molar-refractivity contribution in [2.24, 2.45) is 0 Å². The molecule has 0 amide bonds. The Morgan fingerprint density at radius 1 is 0.372 bits per heavy atom. The minimum atomic E-state index is -0.688. The zero-order valence-corrected chi connectivity index (χ0v) is 53.4. The third-order valence-electron chi connectivity index (χ3n) is 18.9. The fourth-order valence-corrected chi connectivity index (χ4v) is 13.9. The minimum Gasteiger partial charge on any atom is -0.489 e. The first-order valence-corrected chi connectivity index (χ1v) is 33.0. The zero-order valence-electron chi connectivity index (χ0n) is 53.4. The molecule has 1 aliphatic carbocycles. The summed E-state index contributed by atoms with van der Waals surface area (Å²) in [6.07, 6.45) is 4.01. The lowest BCUT2D eigenvalue weighted by atomic mass is 9.67. The van der Waals surface area contributed by atoms with E-state index in [-0.39, 0.29) is 0 Å². The van der Waals surface area contributed by atoms with Crippen molar-refractivity contribution >= 4 is 40.2 Å². The van der Waals surface area contributed by atoms with Gasteiger partial charge in [-0.1, -0.05) is 263 Å². The van der Waals surface area contributed by atoms with Gasteiger partial charge in [0.05, 0.1) is 18.6 Å². The zero-order chi connectivity index (χ0) is 63.6. The van der Waals surface area contributed by atoms with Gasteiger partial charge in [-0.25, -0.2) is 0 Å². The van der Waals surface area contributed by atoms with E-state index in [4.69, 9.17) is 9.47 Å². The van der Waals surface area contributed by atoms with E-state index < -0.39 is 5.41 Å². The first-order valence-electron chi connectivity index (χ1n) is 33.0. The average Bonchev–Trinajstić information content (AvgIpc) is 1.53. The summed E-state index contributed by atoms with van der Waals surface area (Å²) in [7, 11) is 0. The van der Waals surface area contributed by atoms with Gasteiger partial charge in [0.25, 0.3) is 0 Å². The van der Waals surface area contributed by atoms with Crippen LogP contribution in [0.25, 0.3) is 39.5 Å². The van der Waals surface area contributed by atoms with Gasteiger partial charge in [0, 0.05) is 34.1 Å². The molecule has 0 N–H and O–H groups in total. The Balaban J connectivity index is 0.752. The van der Waals surface area contributed by atoms with Crippen molar-refractivity contribution in [1.82, 2.24) is 0 Å². The van der Waals surface area contributed by atoms with E-state index in [1.54, 1.807) is 0 Å². The van der Waals surface area contributed by atoms with Crippen molar-refractivity contribution in [3.63, 3.8) is 0 Å². The molecule has 94 heavy (non-hydrogen) atoms. The van der Waals surface area contributed by atoms with Crippen molar-refractivity contribution in [2.45, 2.75) is 63.8 Å². The van der Waals surface area contributed by atoms with Crippen LogP contribution in [-0.4, -0.2) is 0 Å². The monoisotopic (exact) mass is 1220 g/mol. The molecule has 0 aromatic heterocycles. The number of fused-ring (bicyclic) bond motifs is 3. The van der Waals surface area contributed by atoms with Crippen LogP contribution in [0.3, 0.4) is 0 Å². The van der Waals surface area contributed by atoms with Crippen LogP contribution in [-0.2, 0) is 30.0 Å². The normalized spacial score (nSPS) is 12.7. The largest absolute Gasteiger partial charge is 0.489 e. The molecule has 1 aliphatic rings. The lowest BCUT2D eigenvalue weighted by Gasteiger charge is -2.34. The number of ether oxygens (including phenoxy) is 2. The summed E-state index contributed by atoms with van der Waals surface area (Å²) in [5, 5.41) is 0. The first-order chi connectivity index (χ1) is 46.4. The predicted molar refractivity (Wildman–Crippen MR) is 392 cm³/mol. The highest BCUT2D eigenvalue weighted by Crippen LogP contribution is 2.58. The van der Waals surface area contributed by atoms with Gasteiger partial charge in [0.2, 0.25) is 0 Å². The molecule has 2 atom stereocenters. The number of nitrogens with zero attached hydrogens (tertiary/aromatic N) is 2. The Kier molecular flexibility index (Phi) is 17.9. The molecule has 13 aromatic carbocycles. The Labute approximate surface area is 555 Å². The summed E-state index contributed by atoms with van der Waals surface area (Å²) in [4.78, 5) is 4.63. The Hall–Kier alpha value is -11.0. The SMILES string of the molecule is C=Cc1ccc(COCc2ccc(C(C)CC(CC)c3ccc(COc4ccc(C5(c6ccccc6)c6cc(-c7ccc(N(c8ccccc8)c8ccccc8)cc7)ccc6-c6ccc(-c7ccc(N(c8ccccc8)c8ccccc8)cc7)cc65)cc4)cc3)cc2)cc1. The lowest BCUT2D eigenvalue weighted by molar-refractivity contribution is 0.107. The van der Waals surface area contributed by atoms with E-state index in [2.05, 4.69) is 364 Å². The molecule has 0 fully saturated rings. The second-order valence-corrected chi connectivity index (χ2v) is 24.7. The van der Waals surface area contributed by atoms with Crippen molar-refractivity contribution in [3.05, 3.63) is 396 Å². The lowest BCUT2D eigenvalue weighted by Crippen LogP contribution is -2.28. The smallest absolute Gasteiger partial charge is 0.119 e. The summed E-state index contributed by atoms with van der Waals surface area (Å²) in [6.45, 7) is 10.2. The van der Waals surface area contributed by atoms with E-state index in [0.29, 0.717) is 31.7 Å². The van der Waals surface area contributed by atoms with Crippen LogP contribution in [0.1, 0.15) is 94.2 Å². The minimum absolute atomic E-state index is 0.413. The Bertz CT molecular complexity index is 4360. The third kappa shape index (κ3) is 12.7. The van der Waals surface area contributed by atoms with Crippen LogP contribution in [0.5, 0.6) is 5.75 Å². The van der Waals surface area contributed by atoms with Gasteiger partial charge in [-0.3, -0.25) is 0 Å². The molecule has 0 heterocycles. The molecule has 4 heteroatoms. The van der Waals surface area contributed by atoms with Crippen molar-refractivity contribution < 1.29 is 9.47 Å². The van der Waals surface area contributed by atoms with E-state index in [1.165, 1.54) is 50.1 Å². The predicted octanol–water partition coefficient (Wildman–Crippen LogP) is 23.9. The van der Waals surface area contributed by atoms with Crippen molar-refractivity contribution in [1.29, 1.82) is 0 Å². The molecular formula is C90H76N2O2. The second kappa shape index (κ2) is 27.8. The third-order valence-corrected chi connectivity index (χ3v) is 18.9. The number of para-hydroxylation sites is 4. The molecule has 4 nitrogen and oxygen atoms in total. The quantitative estimate of drug-likeness (QED) is 0.0637. The fourth-order valence-electron chi connectivity index (χ4n) is 13.9. The molecule has 0 bridgehead atoms. The van der Waals surface area contributed by atoms with Crippen LogP contribution >= 0.6 is 0 Å². The van der Waals surface area contributed by atoms with Crippen molar-refractivity contribution in [2.75, 3.05) is 9.80 Å². The maximum absolute atomic E-state index is 6.70. The molecule has 0 spiro atoms. The summed E-state index contributed by atoms with van der Waals surface area (Å²) in [6, 6.07) is 121. The van der Waals surface area contributed by atoms with Gasteiger partial charge in [-0.2, -0.15) is 0 Å². The Morgan fingerprint density at radius 2 is 0.745 bits per heavy atom. The molecule has 0 aliphatic heterocycles. The van der Waals surface area contributed by atoms with Gasteiger partial charge in [-0.15, -0.1) is 0 Å². The highest BCUT2D eigenvalue weighted by molar-refractivity contribution is 5.91. The number of rotatable bonds is 23. The molecule has 0 saturated heterocycles. The molecular weight excluding hydrogens is 1140 g/mol. The topological polar surface area (TPSA) is 24.9 Å². The van der Waals surface area contributed by atoms with Crippen LogP contribution in [0.15, 0.2) is 340 Å². The molecule has 0 saturated carbocycles. The molecule has 2 unspecified atom stereocenters. The van der Waals surface area contributed by atoms with Crippen LogP contribution in [0, 0.1) is 0 Å². The fraction of sp³-hybridized carbons (Fsp3) is 0.111. The maximum atomic E-state index is 6.70. The highest BCUT2D eigenvalue weighted by atomic mass is 16.5. The average molecular weight is 1220 g/mol. The Morgan fingerprint density at radius 3 is 1.17 bits per heavy atom. The van der Waals surface area contributed by atoms with Gasteiger partial charge in [-0.05, 0) is 211 Å². The summed E-state index contributed by atoms with van der Waals surface area (Å²) >= 11 is 0. The van der Waals surface area contributed by atoms with E-state index in [0.717, 1.165) is 91.7 Å². The van der Waals surface area contributed by atoms with Gasteiger partial charge < -0.3 is 19.3 Å². The highest BCUT2D eigenvalue weighted by Gasteiger charge is 2.46. The first kappa shape index (κ1) is 60.5. The summed E-state index contributed by atoms with van der Waals surface area (Å²) in [5.74, 6) is 1.68. The maximum Gasteiger partial charge on any atom is 0.119 e. The molecule has 13 aromatic rings. The van der Waals surface area contributed by atoms with Crippen molar-refractivity contribution in [3.8, 4) is 39.1 Å². The summed E-state index contributed by atoms with van der Waals surface area (Å²) < 4.78 is 12.8. The van der Waals surface area contributed by atoms with Gasteiger partial charge in [0.1, 0.15) is 12.4 Å². The van der Waals surface area contributed by atoms with Crippen LogP contribution < -0.4 is 14.5 Å². The van der Waals surface area contributed by atoms with E-state index in [9.17, 15) is 0 Å². The standard InChI is InChI=1S/C90H76N2O2/c1-4-66-31-33-67(34-32-66)62-93-63-68-35-39-71(40-36-68)65(3)59-70(5-2)72-41-37-69(38-42-72)64-94-85-55-49-78(50-56-85)90(77-21-11-6-12-22-77)88-60-75(73-43-51-83(52-44-73)91(79-23-13-7-14-24-79)80-25-15-8-16-26-80)47-57-86(88)87-58-48-76(61-89(87)90)74-45-53-84(54-46-74)92(81-27-17-9-18-28-81)82-29-19-10-20-30-82/h4,6-58,60-61,65,70H,1,5,59,62-64H2,2-3H3. The van der Waals surface area contributed by atoms with Crippen LogP contribution in [0.4, 0.5) is 34.1 Å².